The van der Waals surface area contributed by atoms with E-state index >= 15 is 0 Å². The number of hydrogen-bond donors (Lipinski definition) is 0. The van der Waals surface area contributed by atoms with Gasteiger partial charge in [-0.1, -0.05) is 0 Å². The Morgan fingerprint density at radius 1 is 1.71 bits per heavy atom. The van der Waals surface area contributed by atoms with Crippen LogP contribution in [0.15, 0.2) is 0 Å². The van der Waals surface area contributed by atoms with Crippen molar-refractivity contribution in [1.29, 1.82) is 0 Å². The van der Waals surface area contributed by atoms with E-state index in [0.29, 0.717) is 4.73 Å². The minimum atomic E-state index is -1.85. The minimum absolute atomic E-state index is 0.0972. The monoisotopic (exact) mass is 175 g/mol. The number of Topliss-reactive ketones (excluding diaryl/α,β-unsaturated/α-hetero) is 1. The molecule has 0 bridgehead atoms. The van der Waals surface area contributed by atoms with E-state index in [1.807, 2.05) is 0 Å². The molecule has 0 aromatic rings. The van der Waals surface area contributed by atoms with Crippen molar-refractivity contribution in [3.05, 3.63) is 0 Å². The van der Waals surface area contributed by atoms with Crippen molar-refractivity contribution < 1.29 is 20.5 Å². The van der Waals surface area contributed by atoms with Gasteiger partial charge in [-0.15, -0.1) is 0 Å². The van der Waals surface area contributed by atoms with Crippen molar-refractivity contribution in [2.45, 2.75) is 11.6 Å². The summed E-state index contributed by atoms with van der Waals surface area (Å²) >= 11 is -1.85. The number of halogens is 2. The molecule has 0 amide bonds. The second-order valence-electron chi connectivity index (χ2n) is 1.22. The zero-order chi connectivity index (χ0) is 5.86. The van der Waals surface area contributed by atoms with E-state index in [2.05, 4.69) is 0 Å². The summed E-state index contributed by atoms with van der Waals surface area (Å²) in [5.74, 6) is 0.0972. The predicted octanol–water partition coefficient (Wildman–Crippen LogP) is 1.92. The maximum atomic E-state index is 10.1. The molecule has 4 heteroatoms. The first kappa shape index (κ1) is 7.96. The molecular weight excluding hydrogens is 171 g/mol. The zero-order valence-corrected chi connectivity index (χ0v) is 6.94. The van der Waals surface area contributed by atoms with Gasteiger partial charge in [0.2, 0.25) is 0 Å². The molecule has 0 aliphatic rings. The summed E-state index contributed by atoms with van der Waals surface area (Å²) < 4.78 is 0.420. The molecule has 0 aliphatic heterocycles. The van der Waals surface area contributed by atoms with Gasteiger partial charge in [0.1, 0.15) is 0 Å². The summed E-state index contributed by atoms with van der Waals surface area (Å²) in [7, 11) is 10.8. The summed E-state index contributed by atoms with van der Waals surface area (Å²) in [5.41, 5.74) is 0. The normalized spacial score (nSPS) is 8.43. The van der Waals surface area contributed by atoms with E-state index in [9.17, 15) is 4.79 Å². The van der Waals surface area contributed by atoms with Crippen LogP contribution in [0.2, 0.25) is 4.73 Å². The van der Waals surface area contributed by atoms with Gasteiger partial charge >= 0.3 is 56.6 Å². The molecule has 0 heterocycles. The van der Waals surface area contributed by atoms with Crippen LogP contribution in [0.4, 0.5) is 0 Å². The molecule has 1 nitrogen and oxygen atoms in total. The number of carbonyl (C=O) groups is 1. The van der Waals surface area contributed by atoms with Crippen molar-refractivity contribution in [3.8, 4) is 0 Å². The summed E-state index contributed by atoms with van der Waals surface area (Å²) in [6.07, 6.45) is 0. The molecular formula is C3H5Cl2OTi. The van der Waals surface area contributed by atoms with E-state index < -0.39 is 15.7 Å². The third-order valence-electron chi connectivity index (χ3n) is 0.383. The Morgan fingerprint density at radius 2 is 2.14 bits per heavy atom. The van der Waals surface area contributed by atoms with Gasteiger partial charge in [0.25, 0.3) is 0 Å². The predicted molar refractivity (Wildman–Crippen MR) is 27.2 cm³/mol. The Hall–Kier alpha value is 0.964. The standard InChI is InChI=1S/C3H5O.2ClH.Ti/c1-3(2)4;;;/h1H2,2H3;2*1H;/q;;;+2/p-2. The molecule has 0 aromatic carbocycles. The van der Waals surface area contributed by atoms with Crippen molar-refractivity contribution in [1.82, 2.24) is 0 Å². The van der Waals surface area contributed by atoms with Gasteiger partial charge in [-0.25, -0.2) is 0 Å². The second kappa shape index (κ2) is 3.91. The third-order valence-corrected chi connectivity index (χ3v) is 2.68. The van der Waals surface area contributed by atoms with Gasteiger partial charge in [0, 0.05) is 0 Å². The summed E-state index contributed by atoms with van der Waals surface area (Å²) in [6, 6.07) is 0. The average molecular weight is 176 g/mol. The van der Waals surface area contributed by atoms with Crippen molar-refractivity contribution in [3.63, 3.8) is 0 Å². The van der Waals surface area contributed by atoms with Gasteiger partial charge in [-0.3, -0.25) is 0 Å². The fraction of sp³-hybridized carbons (Fsp3) is 0.667. The number of rotatable bonds is 2. The van der Waals surface area contributed by atoms with Gasteiger partial charge < -0.3 is 0 Å². The van der Waals surface area contributed by atoms with Crippen LogP contribution in [0.1, 0.15) is 6.92 Å². The zero-order valence-electron chi connectivity index (χ0n) is 3.87. The van der Waals surface area contributed by atoms with E-state index in [1.54, 1.807) is 0 Å². The van der Waals surface area contributed by atoms with Gasteiger partial charge in [0.15, 0.2) is 0 Å². The number of ketones is 1. The Morgan fingerprint density at radius 3 is 2.14 bits per heavy atom. The molecule has 0 aliphatic carbocycles. The Labute approximate surface area is 56.6 Å². The van der Waals surface area contributed by atoms with Crippen LogP contribution in [0.3, 0.4) is 0 Å². The molecule has 0 rings (SSSR count). The fourth-order valence-corrected chi connectivity index (χ4v) is 2.33. The van der Waals surface area contributed by atoms with Gasteiger partial charge in [0.05, 0.1) is 0 Å². The molecule has 0 saturated heterocycles. The van der Waals surface area contributed by atoms with Gasteiger partial charge in [-0.2, -0.15) is 0 Å². The Kier molecular flexibility index (Phi) is 4.44. The molecule has 41 valence electrons. The first-order valence-electron chi connectivity index (χ1n) is 1.79. The molecule has 0 fully saturated rings. The van der Waals surface area contributed by atoms with E-state index in [4.69, 9.17) is 18.6 Å². The van der Waals surface area contributed by atoms with E-state index in [1.165, 1.54) is 6.92 Å². The van der Waals surface area contributed by atoms with Crippen LogP contribution < -0.4 is 0 Å². The molecule has 0 N–H and O–H groups in total. The molecule has 0 spiro atoms. The summed E-state index contributed by atoms with van der Waals surface area (Å²) in [6.45, 7) is 1.50. The molecule has 0 radical (unpaired) electrons. The fourth-order valence-electron chi connectivity index (χ4n) is 0.188. The molecule has 0 unspecified atom stereocenters. The summed E-state index contributed by atoms with van der Waals surface area (Å²) in [4.78, 5) is 10.1. The van der Waals surface area contributed by atoms with Crippen LogP contribution in [0.5, 0.6) is 0 Å². The topological polar surface area (TPSA) is 17.1 Å². The first-order chi connectivity index (χ1) is 3.13. The first-order valence-corrected chi connectivity index (χ1v) is 7.19. The van der Waals surface area contributed by atoms with Crippen LogP contribution in [-0.4, -0.2) is 5.78 Å². The number of carbonyl (C=O) groups excluding carboxylic acids is 1. The van der Waals surface area contributed by atoms with Crippen LogP contribution in [0.25, 0.3) is 0 Å². The third kappa shape index (κ3) is 6.96. The Bertz CT molecular complexity index is 73.3. The van der Waals surface area contributed by atoms with Crippen molar-refractivity contribution in [2.24, 2.45) is 0 Å². The van der Waals surface area contributed by atoms with Crippen molar-refractivity contribution >= 4 is 24.4 Å². The van der Waals surface area contributed by atoms with Gasteiger partial charge in [-0.05, 0) is 0 Å². The summed E-state index contributed by atoms with van der Waals surface area (Å²) in [5, 5.41) is 0. The van der Waals surface area contributed by atoms with E-state index in [-0.39, 0.29) is 5.78 Å². The average Bonchev–Trinajstić information content (AvgIpc) is 1.27. The van der Waals surface area contributed by atoms with E-state index in [0.717, 1.165) is 0 Å². The molecule has 7 heavy (non-hydrogen) atoms. The molecule has 0 aromatic heterocycles. The van der Waals surface area contributed by atoms with Crippen molar-refractivity contribution in [2.75, 3.05) is 0 Å². The number of hydrogen-bond acceptors (Lipinski definition) is 1. The van der Waals surface area contributed by atoms with Crippen LogP contribution in [0, 0.1) is 0 Å². The quantitative estimate of drug-likeness (QED) is 0.587. The van der Waals surface area contributed by atoms with Crippen LogP contribution in [-0.2, 0) is 20.5 Å². The maximum absolute atomic E-state index is 10.1. The molecule has 0 atom stereocenters. The SMILES string of the molecule is CC(=O)[CH2][Ti]([Cl])[Cl]. The second-order valence-corrected chi connectivity index (χ2v) is 7.39. The Balaban J connectivity index is 3.13. The van der Waals surface area contributed by atoms with Crippen LogP contribution >= 0.6 is 18.6 Å². The molecule has 0 saturated carbocycles.